The minimum atomic E-state index is -0.502. The molecule has 166 valence electrons. The monoisotopic (exact) mass is 437 g/mol. The van der Waals surface area contributed by atoms with E-state index in [9.17, 15) is 18.8 Å². The average Bonchev–Trinajstić information content (AvgIpc) is 3.11. The van der Waals surface area contributed by atoms with E-state index in [2.05, 4.69) is 10.4 Å². The molecule has 0 saturated heterocycles. The second-order valence-corrected chi connectivity index (χ2v) is 7.67. The van der Waals surface area contributed by atoms with Crippen LogP contribution < -0.4 is 11.0 Å². The Kier molecular flexibility index (Phi) is 6.44. The number of aromatic nitrogens is 3. The van der Waals surface area contributed by atoms with Crippen LogP contribution in [0.15, 0.2) is 59.4 Å². The number of amides is 2. The molecule has 0 bridgehead atoms. The lowest BCUT2D eigenvalue weighted by atomic mass is 10.1. The number of halogens is 1. The predicted molar refractivity (Wildman–Crippen MR) is 115 cm³/mol. The van der Waals surface area contributed by atoms with E-state index in [1.807, 2.05) is 30.3 Å². The standard InChI is InChI=1S/C23H24FN5O3/c24-19-11-5-4-10-18(19)15-27-13-14-28-21(22(27)31)26-29(23(28)32)16-20(30)25-12-6-9-17-7-2-1-3-8-17/h1-5,7-8,10-11H,6,9,12-16H2,(H,25,30). The molecular formula is C23H24FN5O3. The molecule has 0 spiro atoms. The van der Waals surface area contributed by atoms with E-state index in [1.165, 1.54) is 21.1 Å². The van der Waals surface area contributed by atoms with Gasteiger partial charge in [0.05, 0.1) is 0 Å². The van der Waals surface area contributed by atoms with Gasteiger partial charge in [-0.15, -0.1) is 5.10 Å². The zero-order chi connectivity index (χ0) is 22.5. The van der Waals surface area contributed by atoms with Crippen molar-refractivity contribution in [1.82, 2.24) is 24.6 Å². The fourth-order valence-electron chi connectivity index (χ4n) is 3.71. The third-order valence-electron chi connectivity index (χ3n) is 5.41. The second-order valence-electron chi connectivity index (χ2n) is 7.67. The molecule has 0 atom stereocenters. The van der Waals surface area contributed by atoms with E-state index in [0.29, 0.717) is 12.1 Å². The molecule has 2 heterocycles. The van der Waals surface area contributed by atoms with Crippen LogP contribution in [0.2, 0.25) is 0 Å². The molecule has 0 saturated carbocycles. The van der Waals surface area contributed by atoms with Gasteiger partial charge in [0.2, 0.25) is 11.7 Å². The van der Waals surface area contributed by atoms with E-state index in [4.69, 9.17) is 0 Å². The largest absolute Gasteiger partial charge is 0.354 e. The molecule has 8 nitrogen and oxygen atoms in total. The Morgan fingerprint density at radius 1 is 1.03 bits per heavy atom. The Hall–Kier alpha value is -3.75. The van der Waals surface area contributed by atoms with Crippen molar-refractivity contribution in [3.63, 3.8) is 0 Å². The highest BCUT2D eigenvalue weighted by Crippen LogP contribution is 2.15. The minimum Gasteiger partial charge on any atom is -0.354 e. The van der Waals surface area contributed by atoms with Crippen LogP contribution in [0.5, 0.6) is 0 Å². The fraction of sp³-hybridized carbons (Fsp3) is 0.304. The Balaban J connectivity index is 1.35. The Bertz CT molecular complexity index is 1170. The fourth-order valence-corrected chi connectivity index (χ4v) is 3.71. The molecule has 1 aliphatic rings. The zero-order valence-corrected chi connectivity index (χ0v) is 17.5. The molecular weight excluding hydrogens is 413 g/mol. The molecule has 1 aliphatic heterocycles. The summed E-state index contributed by atoms with van der Waals surface area (Å²) in [5, 5.41) is 6.87. The normalized spacial score (nSPS) is 13.2. The van der Waals surface area contributed by atoms with Crippen LogP contribution in [-0.2, 0) is 30.8 Å². The van der Waals surface area contributed by atoms with Gasteiger partial charge in [0.1, 0.15) is 12.4 Å². The van der Waals surface area contributed by atoms with Crippen molar-refractivity contribution in [2.24, 2.45) is 0 Å². The summed E-state index contributed by atoms with van der Waals surface area (Å²) in [5.41, 5.74) is 1.09. The van der Waals surface area contributed by atoms with E-state index in [1.54, 1.807) is 18.2 Å². The van der Waals surface area contributed by atoms with Crippen molar-refractivity contribution in [3.05, 3.63) is 87.9 Å². The van der Waals surface area contributed by atoms with Crippen LogP contribution in [0.1, 0.15) is 28.2 Å². The van der Waals surface area contributed by atoms with Crippen molar-refractivity contribution in [1.29, 1.82) is 0 Å². The van der Waals surface area contributed by atoms with Gasteiger partial charge in [0.25, 0.3) is 5.91 Å². The summed E-state index contributed by atoms with van der Waals surface area (Å²) in [6.07, 6.45) is 1.61. The lowest BCUT2D eigenvalue weighted by molar-refractivity contribution is -0.121. The summed E-state index contributed by atoms with van der Waals surface area (Å²) in [6.45, 7) is 0.815. The molecule has 9 heteroatoms. The van der Waals surface area contributed by atoms with Crippen LogP contribution in [0.25, 0.3) is 0 Å². The summed E-state index contributed by atoms with van der Waals surface area (Å²) in [6, 6.07) is 16.2. The number of rotatable bonds is 8. The van der Waals surface area contributed by atoms with Crippen molar-refractivity contribution < 1.29 is 14.0 Å². The molecule has 2 amide bonds. The van der Waals surface area contributed by atoms with Crippen molar-refractivity contribution in [2.75, 3.05) is 13.1 Å². The quantitative estimate of drug-likeness (QED) is 0.542. The van der Waals surface area contributed by atoms with Gasteiger partial charge in [0.15, 0.2) is 0 Å². The highest BCUT2D eigenvalue weighted by molar-refractivity contribution is 5.91. The van der Waals surface area contributed by atoms with Crippen LogP contribution in [0.3, 0.4) is 0 Å². The molecule has 0 fully saturated rings. The maximum atomic E-state index is 13.9. The lowest BCUT2D eigenvalue weighted by Crippen LogP contribution is -2.42. The summed E-state index contributed by atoms with van der Waals surface area (Å²) in [5.74, 6) is -1.22. The SMILES string of the molecule is O=C(Cn1nc2n(c1=O)CCN(Cc1ccccc1F)C2=O)NCCCc1ccccc1. The van der Waals surface area contributed by atoms with Crippen LogP contribution in [0, 0.1) is 5.82 Å². The number of carbonyl (C=O) groups excluding carboxylic acids is 2. The van der Waals surface area contributed by atoms with Crippen LogP contribution in [0.4, 0.5) is 4.39 Å². The molecule has 2 aromatic carbocycles. The van der Waals surface area contributed by atoms with E-state index in [-0.39, 0.29) is 37.9 Å². The zero-order valence-electron chi connectivity index (χ0n) is 17.5. The van der Waals surface area contributed by atoms with E-state index < -0.39 is 17.4 Å². The minimum absolute atomic E-state index is 0.0329. The molecule has 1 aromatic heterocycles. The third-order valence-corrected chi connectivity index (χ3v) is 5.41. The molecule has 0 radical (unpaired) electrons. The summed E-state index contributed by atoms with van der Waals surface area (Å²) >= 11 is 0. The molecule has 0 aliphatic carbocycles. The van der Waals surface area contributed by atoms with Crippen molar-refractivity contribution in [3.8, 4) is 0 Å². The predicted octanol–water partition coefficient (Wildman–Crippen LogP) is 1.59. The van der Waals surface area contributed by atoms with Gasteiger partial charge in [-0.25, -0.2) is 13.9 Å². The third kappa shape index (κ3) is 4.77. The van der Waals surface area contributed by atoms with Crippen LogP contribution in [-0.4, -0.2) is 44.2 Å². The summed E-state index contributed by atoms with van der Waals surface area (Å²) < 4.78 is 16.2. The number of aryl methyl sites for hydroxylation is 1. The average molecular weight is 437 g/mol. The van der Waals surface area contributed by atoms with E-state index >= 15 is 0 Å². The molecule has 3 aromatic rings. The number of nitrogens with one attached hydrogen (secondary N) is 1. The first-order chi connectivity index (χ1) is 15.5. The second kappa shape index (κ2) is 9.59. The van der Waals surface area contributed by atoms with Crippen LogP contribution >= 0.6 is 0 Å². The maximum Gasteiger partial charge on any atom is 0.346 e. The Morgan fingerprint density at radius 2 is 1.78 bits per heavy atom. The number of nitrogens with zero attached hydrogens (tertiary/aromatic N) is 4. The van der Waals surface area contributed by atoms with Gasteiger partial charge in [-0.2, -0.15) is 0 Å². The number of benzene rings is 2. The molecule has 0 unspecified atom stereocenters. The first-order valence-corrected chi connectivity index (χ1v) is 10.5. The van der Waals surface area contributed by atoms with Crippen molar-refractivity contribution >= 4 is 11.8 Å². The highest BCUT2D eigenvalue weighted by Gasteiger charge is 2.30. The van der Waals surface area contributed by atoms with Gasteiger partial charge in [-0.05, 0) is 24.5 Å². The molecule has 1 N–H and O–H groups in total. The lowest BCUT2D eigenvalue weighted by Gasteiger charge is -2.26. The molecule has 4 rings (SSSR count). The summed E-state index contributed by atoms with van der Waals surface area (Å²) in [4.78, 5) is 39.1. The Morgan fingerprint density at radius 3 is 2.56 bits per heavy atom. The van der Waals surface area contributed by atoms with Gasteiger partial charge in [-0.3, -0.25) is 14.2 Å². The first kappa shape index (κ1) is 21.5. The first-order valence-electron chi connectivity index (χ1n) is 10.5. The maximum absolute atomic E-state index is 13.9. The molecule has 32 heavy (non-hydrogen) atoms. The Labute approximate surface area is 184 Å². The van der Waals surface area contributed by atoms with Crippen molar-refractivity contribution in [2.45, 2.75) is 32.5 Å². The summed E-state index contributed by atoms with van der Waals surface area (Å²) in [7, 11) is 0. The number of hydrogen-bond donors (Lipinski definition) is 1. The highest BCUT2D eigenvalue weighted by atomic mass is 19.1. The number of hydrogen-bond acceptors (Lipinski definition) is 4. The van der Waals surface area contributed by atoms with Gasteiger partial charge in [-0.1, -0.05) is 48.5 Å². The van der Waals surface area contributed by atoms with Gasteiger partial charge < -0.3 is 10.2 Å². The number of fused-ring (bicyclic) bond motifs is 1. The topological polar surface area (TPSA) is 89.2 Å². The number of carbonyl (C=O) groups is 2. The van der Waals surface area contributed by atoms with E-state index in [0.717, 1.165) is 17.5 Å². The van der Waals surface area contributed by atoms with Gasteiger partial charge in [0, 0.05) is 31.7 Å². The van der Waals surface area contributed by atoms with Gasteiger partial charge >= 0.3 is 5.69 Å². The smallest absolute Gasteiger partial charge is 0.346 e.